The zero-order chi connectivity index (χ0) is 34.3. The largest absolute Gasteiger partial charge is 0.360 e. The molecule has 3 nitrogen and oxygen atoms in total. The predicted octanol–water partition coefficient (Wildman–Crippen LogP) is 12.1. The summed E-state index contributed by atoms with van der Waals surface area (Å²) in [5, 5.41) is 3.72. The monoisotopic (exact) mass is 647 g/mol. The van der Waals surface area contributed by atoms with Crippen LogP contribution in [-0.4, -0.2) is 5.71 Å². The first-order chi connectivity index (χ1) is 24.6. The molecule has 1 unspecified atom stereocenters. The van der Waals surface area contributed by atoms with Crippen LogP contribution in [0.5, 0.6) is 0 Å². The lowest BCUT2D eigenvalue weighted by molar-refractivity contribution is 0.663. The standard InChI is InChI=1S/C47H41N3/c1-4-6-15-35(5-2)44-32-45(39-18-11-8-12-19-39)49-47(48-44)40-28-30-42(31-29-40)50-33-41(23-22-34(3)43-20-13-14-21-46(43)50)38-26-24-37(25-27-38)36-16-9-7-10-17-36/h4,6-33,47,49H,3,5H2,1-2H3/b6-4-,23-22-,35-15+,41-33+. The van der Waals surface area contributed by atoms with Crippen molar-refractivity contribution >= 4 is 33.9 Å². The first-order valence-corrected chi connectivity index (χ1v) is 17.3. The Hall–Kier alpha value is -6.19. The highest BCUT2D eigenvalue weighted by atomic mass is 15.1. The summed E-state index contributed by atoms with van der Waals surface area (Å²) >= 11 is 0. The van der Waals surface area contributed by atoms with Gasteiger partial charge in [0.2, 0.25) is 0 Å². The van der Waals surface area contributed by atoms with Crippen molar-refractivity contribution in [1.82, 2.24) is 5.32 Å². The molecule has 5 aromatic carbocycles. The third-order valence-corrected chi connectivity index (χ3v) is 9.18. The van der Waals surface area contributed by atoms with Gasteiger partial charge in [0.15, 0.2) is 0 Å². The molecular weight excluding hydrogens is 607 g/mol. The van der Waals surface area contributed by atoms with E-state index in [9.17, 15) is 0 Å². The molecule has 0 spiro atoms. The van der Waals surface area contributed by atoms with Gasteiger partial charge >= 0.3 is 0 Å². The Balaban J connectivity index is 1.26. The molecular formula is C47H41N3. The fraction of sp³-hybridized carbons (Fsp3) is 0.0851. The summed E-state index contributed by atoms with van der Waals surface area (Å²) in [6.07, 6.45) is 15.7. The Kier molecular flexibility index (Phi) is 9.66. The minimum atomic E-state index is -0.226. The molecule has 0 fully saturated rings. The maximum atomic E-state index is 5.23. The number of aliphatic imine (C=N–C) groups is 1. The highest BCUT2D eigenvalue weighted by molar-refractivity contribution is 6.13. The maximum absolute atomic E-state index is 5.23. The fourth-order valence-corrected chi connectivity index (χ4v) is 6.42. The average molecular weight is 648 g/mol. The average Bonchev–Trinajstić information content (AvgIpc) is 3.18. The molecule has 3 heteroatoms. The molecule has 2 heterocycles. The van der Waals surface area contributed by atoms with Crippen LogP contribution in [0.25, 0.3) is 28.0 Å². The molecule has 2 aliphatic rings. The second kappa shape index (κ2) is 14.9. The van der Waals surface area contributed by atoms with Crippen LogP contribution in [-0.2, 0) is 0 Å². The Morgan fingerprint density at radius 3 is 2.08 bits per heavy atom. The van der Waals surface area contributed by atoms with Gasteiger partial charge in [-0.15, -0.1) is 0 Å². The number of nitrogens with one attached hydrogen (secondary N) is 1. The van der Waals surface area contributed by atoms with Crippen LogP contribution in [0.4, 0.5) is 11.4 Å². The van der Waals surface area contributed by atoms with Gasteiger partial charge in [0.25, 0.3) is 0 Å². The van der Waals surface area contributed by atoms with Gasteiger partial charge in [-0.05, 0) is 82.2 Å². The number of para-hydroxylation sites is 1. The van der Waals surface area contributed by atoms with E-state index in [-0.39, 0.29) is 6.17 Å². The van der Waals surface area contributed by atoms with Crippen molar-refractivity contribution in [3.8, 4) is 11.1 Å². The van der Waals surface area contributed by atoms with E-state index in [0.29, 0.717) is 0 Å². The number of benzene rings is 5. The quantitative estimate of drug-likeness (QED) is 0.170. The van der Waals surface area contributed by atoms with Gasteiger partial charge < -0.3 is 10.2 Å². The fourth-order valence-electron chi connectivity index (χ4n) is 6.42. The van der Waals surface area contributed by atoms with Crippen LogP contribution in [0.15, 0.2) is 193 Å². The number of nitrogens with zero attached hydrogens (tertiary/aromatic N) is 2. The lowest BCUT2D eigenvalue weighted by Gasteiger charge is -2.28. The summed E-state index contributed by atoms with van der Waals surface area (Å²) < 4.78 is 0. The Morgan fingerprint density at radius 2 is 1.38 bits per heavy atom. The molecule has 0 radical (unpaired) electrons. The smallest absolute Gasteiger partial charge is 0.145 e. The summed E-state index contributed by atoms with van der Waals surface area (Å²) in [4.78, 5) is 7.51. The van der Waals surface area contributed by atoms with E-state index >= 15 is 0 Å². The normalized spacial score (nSPS) is 17.8. The minimum absolute atomic E-state index is 0.226. The van der Waals surface area contributed by atoms with Gasteiger partial charge in [0.1, 0.15) is 6.17 Å². The molecule has 1 N–H and O–H groups in total. The zero-order valence-electron chi connectivity index (χ0n) is 28.6. The number of fused-ring (bicyclic) bond motifs is 1. The van der Waals surface area contributed by atoms with E-state index in [1.165, 1.54) is 16.7 Å². The number of hydrogen-bond donors (Lipinski definition) is 1. The molecule has 7 rings (SSSR count). The third-order valence-electron chi connectivity index (χ3n) is 9.18. The van der Waals surface area contributed by atoms with Gasteiger partial charge in [-0.2, -0.15) is 0 Å². The van der Waals surface area contributed by atoms with Crippen molar-refractivity contribution in [2.75, 3.05) is 4.90 Å². The summed E-state index contributed by atoms with van der Waals surface area (Å²) in [5.74, 6) is 0. The first-order valence-electron chi connectivity index (χ1n) is 17.3. The van der Waals surface area contributed by atoms with Crippen LogP contribution in [0.2, 0.25) is 0 Å². The Morgan fingerprint density at radius 1 is 0.740 bits per heavy atom. The zero-order valence-corrected chi connectivity index (χ0v) is 28.6. The maximum Gasteiger partial charge on any atom is 0.145 e. The van der Waals surface area contributed by atoms with E-state index in [2.05, 4.69) is 200 Å². The first kappa shape index (κ1) is 32.4. The second-order valence-electron chi connectivity index (χ2n) is 12.4. The van der Waals surface area contributed by atoms with Crippen LogP contribution >= 0.6 is 0 Å². The van der Waals surface area contributed by atoms with Gasteiger partial charge in [-0.1, -0.05) is 159 Å². The van der Waals surface area contributed by atoms with Gasteiger partial charge in [0, 0.05) is 23.1 Å². The summed E-state index contributed by atoms with van der Waals surface area (Å²) in [5.41, 5.74) is 14.4. The number of allylic oxidation sites excluding steroid dienone is 9. The molecule has 0 bridgehead atoms. The van der Waals surface area contributed by atoms with E-state index < -0.39 is 0 Å². The van der Waals surface area contributed by atoms with Crippen LogP contribution < -0.4 is 10.2 Å². The highest BCUT2D eigenvalue weighted by Gasteiger charge is 2.21. The third kappa shape index (κ3) is 6.99. The number of hydrogen-bond acceptors (Lipinski definition) is 3. The Bertz CT molecular complexity index is 2160. The van der Waals surface area contributed by atoms with Crippen molar-refractivity contribution in [1.29, 1.82) is 0 Å². The molecule has 1 atom stereocenters. The van der Waals surface area contributed by atoms with Gasteiger partial charge in [0.05, 0.1) is 11.4 Å². The van der Waals surface area contributed by atoms with E-state index in [1.54, 1.807) is 0 Å². The second-order valence-corrected chi connectivity index (χ2v) is 12.4. The molecule has 0 aromatic heterocycles. The lowest BCUT2D eigenvalue weighted by Crippen LogP contribution is -2.25. The highest BCUT2D eigenvalue weighted by Crippen LogP contribution is 2.38. The molecule has 0 saturated carbocycles. The summed E-state index contributed by atoms with van der Waals surface area (Å²) in [7, 11) is 0. The molecule has 244 valence electrons. The molecule has 50 heavy (non-hydrogen) atoms. The van der Waals surface area contributed by atoms with Crippen molar-refractivity contribution in [3.63, 3.8) is 0 Å². The number of anilines is 2. The molecule has 5 aromatic rings. The molecule has 0 aliphatic carbocycles. The minimum Gasteiger partial charge on any atom is -0.360 e. The van der Waals surface area contributed by atoms with Crippen molar-refractivity contribution < 1.29 is 0 Å². The summed E-state index contributed by atoms with van der Waals surface area (Å²) in [6.45, 7) is 8.67. The SMILES string of the molecule is C=C1/C=C\C(c2ccc(-c3ccccc3)cc2)=C/N(c2ccc(C3N=C(/C(=C/C=C\C)CC)C=C(c4ccccc4)N3)cc2)c2ccccc21. The summed E-state index contributed by atoms with van der Waals surface area (Å²) in [6, 6.07) is 47.0. The molecule has 0 amide bonds. The van der Waals surface area contributed by atoms with Crippen molar-refractivity contribution in [3.05, 3.63) is 211 Å². The van der Waals surface area contributed by atoms with Crippen molar-refractivity contribution in [2.24, 2.45) is 4.99 Å². The Labute approximate surface area is 296 Å². The van der Waals surface area contributed by atoms with E-state index in [4.69, 9.17) is 4.99 Å². The predicted molar refractivity (Wildman–Crippen MR) is 214 cm³/mol. The van der Waals surface area contributed by atoms with Crippen molar-refractivity contribution in [2.45, 2.75) is 26.4 Å². The van der Waals surface area contributed by atoms with Crippen LogP contribution in [0.3, 0.4) is 0 Å². The van der Waals surface area contributed by atoms with E-state index in [0.717, 1.165) is 62.6 Å². The van der Waals surface area contributed by atoms with E-state index in [1.807, 2.05) is 6.92 Å². The topological polar surface area (TPSA) is 27.6 Å². The van der Waals surface area contributed by atoms with Crippen LogP contribution in [0, 0.1) is 0 Å². The molecule has 0 saturated heterocycles. The molecule has 2 aliphatic heterocycles. The van der Waals surface area contributed by atoms with Gasteiger partial charge in [-0.3, -0.25) is 4.99 Å². The number of rotatable bonds is 8. The lowest BCUT2D eigenvalue weighted by atomic mass is 9.96. The van der Waals surface area contributed by atoms with Gasteiger partial charge in [-0.25, -0.2) is 0 Å². The van der Waals surface area contributed by atoms with Crippen LogP contribution in [0.1, 0.15) is 48.7 Å².